The lowest BCUT2D eigenvalue weighted by atomic mass is 10.1. The lowest BCUT2D eigenvalue weighted by molar-refractivity contribution is -0.384. The fourth-order valence-electron chi connectivity index (χ4n) is 3.70. The van der Waals surface area contributed by atoms with E-state index in [0.717, 1.165) is 18.5 Å². The van der Waals surface area contributed by atoms with E-state index in [1.54, 1.807) is 18.4 Å². The Morgan fingerprint density at radius 3 is 2.64 bits per heavy atom. The van der Waals surface area contributed by atoms with Gasteiger partial charge >= 0.3 is 0 Å². The average molecular weight is 385 g/mol. The zero-order valence-corrected chi connectivity index (χ0v) is 15.7. The van der Waals surface area contributed by atoms with Crippen LogP contribution in [-0.4, -0.2) is 48.1 Å². The van der Waals surface area contributed by atoms with Crippen LogP contribution in [0.4, 0.5) is 11.4 Å². The molecule has 8 heteroatoms. The van der Waals surface area contributed by atoms with Gasteiger partial charge in [0.2, 0.25) is 0 Å². The highest BCUT2D eigenvalue weighted by atomic mass is 16.6. The summed E-state index contributed by atoms with van der Waals surface area (Å²) >= 11 is 0. The van der Waals surface area contributed by atoms with Crippen molar-refractivity contribution in [1.29, 1.82) is 0 Å². The van der Waals surface area contributed by atoms with Crippen molar-refractivity contribution >= 4 is 17.3 Å². The fraction of sp³-hybridized carbons (Fsp3) is 0.450. The molecule has 28 heavy (non-hydrogen) atoms. The Balaban J connectivity index is 1.73. The van der Waals surface area contributed by atoms with Gasteiger partial charge in [0.05, 0.1) is 41.7 Å². The van der Waals surface area contributed by atoms with Crippen molar-refractivity contribution in [2.75, 3.05) is 31.2 Å². The molecule has 1 unspecified atom stereocenters. The number of hydrogen-bond donors (Lipinski definition) is 0. The standard InChI is InChI=1S/C20H23N3O5/c1-14(19-3-2-10-28-19)22(15-4-5-15)20(24)17-13-16(23(25)26)6-7-18(17)21-8-11-27-12-9-21/h2-3,6-7,10,13-15H,4-5,8-9,11-12H2,1H3. The maximum absolute atomic E-state index is 13.6. The molecular formula is C20H23N3O5. The molecule has 2 fully saturated rings. The molecule has 8 nitrogen and oxygen atoms in total. The van der Waals surface area contributed by atoms with Gasteiger partial charge in [0, 0.05) is 31.3 Å². The molecule has 2 heterocycles. The molecule has 148 valence electrons. The number of carbonyl (C=O) groups excluding carboxylic acids is 1. The van der Waals surface area contributed by atoms with E-state index in [1.807, 2.05) is 17.9 Å². The Bertz CT molecular complexity index is 857. The molecule has 0 spiro atoms. The van der Waals surface area contributed by atoms with Crippen LogP contribution in [0.25, 0.3) is 0 Å². The van der Waals surface area contributed by atoms with Crippen LogP contribution in [0.15, 0.2) is 41.0 Å². The number of rotatable bonds is 6. The molecule has 0 radical (unpaired) electrons. The molecule has 1 aliphatic carbocycles. The van der Waals surface area contributed by atoms with Crippen molar-refractivity contribution in [3.8, 4) is 0 Å². The lowest BCUT2D eigenvalue weighted by Gasteiger charge is -2.33. The number of furan rings is 1. The Hall–Kier alpha value is -2.87. The number of ether oxygens (including phenoxy) is 1. The minimum atomic E-state index is -0.461. The summed E-state index contributed by atoms with van der Waals surface area (Å²) in [7, 11) is 0. The molecule has 2 aromatic rings. The SMILES string of the molecule is CC(c1ccco1)N(C(=O)c1cc([N+](=O)[O-])ccc1N1CCOCC1)C1CC1. The van der Waals surface area contributed by atoms with E-state index in [1.165, 1.54) is 12.1 Å². The van der Waals surface area contributed by atoms with Gasteiger partial charge in [0.1, 0.15) is 5.76 Å². The van der Waals surface area contributed by atoms with Gasteiger partial charge in [-0.25, -0.2) is 0 Å². The molecule has 1 saturated carbocycles. The summed E-state index contributed by atoms with van der Waals surface area (Å²) in [5.41, 5.74) is 0.999. The van der Waals surface area contributed by atoms with Gasteiger partial charge in [-0.05, 0) is 38.0 Å². The predicted molar refractivity (Wildman–Crippen MR) is 102 cm³/mol. The van der Waals surface area contributed by atoms with Crippen LogP contribution in [0.2, 0.25) is 0 Å². The third-order valence-electron chi connectivity index (χ3n) is 5.32. The number of anilines is 1. The molecule has 1 aliphatic heterocycles. The van der Waals surface area contributed by atoms with Crippen molar-refractivity contribution in [3.05, 3.63) is 58.0 Å². The Morgan fingerprint density at radius 1 is 1.29 bits per heavy atom. The van der Waals surface area contributed by atoms with E-state index in [0.29, 0.717) is 37.6 Å². The second-order valence-electron chi connectivity index (χ2n) is 7.19. The van der Waals surface area contributed by atoms with E-state index in [-0.39, 0.29) is 23.7 Å². The highest BCUT2D eigenvalue weighted by Crippen LogP contribution is 2.38. The lowest BCUT2D eigenvalue weighted by Crippen LogP contribution is -2.40. The first-order valence-corrected chi connectivity index (χ1v) is 9.53. The first-order valence-electron chi connectivity index (χ1n) is 9.53. The van der Waals surface area contributed by atoms with Crippen LogP contribution in [-0.2, 0) is 4.74 Å². The number of nitrogens with zero attached hydrogens (tertiary/aromatic N) is 3. The highest BCUT2D eigenvalue weighted by molar-refractivity contribution is 6.01. The van der Waals surface area contributed by atoms with Crippen molar-refractivity contribution in [2.45, 2.75) is 31.8 Å². The van der Waals surface area contributed by atoms with Crippen LogP contribution < -0.4 is 4.90 Å². The molecule has 1 amide bonds. The number of nitro groups is 1. The number of benzene rings is 1. The van der Waals surface area contributed by atoms with Crippen LogP contribution in [0.3, 0.4) is 0 Å². The van der Waals surface area contributed by atoms with Gasteiger partial charge in [0.25, 0.3) is 11.6 Å². The van der Waals surface area contributed by atoms with Gasteiger partial charge in [-0.15, -0.1) is 0 Å². The smallest absolute Gasteiger partial charge is 0.270 e. The van der Waals surface area contributed by atoms with Gasteiger partial charge in [-0.2, -0.15) is 0 Å². The Kier molecular flexibility index (Phi) is 5.04. The summed E-state index contributed by atoms with van der Waals surface area (Å²) in [6.07, 6.45) is 3.45. The van der Waals surface area contributed by atoms with E-state index < -0.39 is 4.92 Å². The zero-order valence-electron chi connectivity index (χ0n) is 15.7. The molecule has 1 saturated heterocycles. The minimum Gasteiger partial charge on any atom is -0.467 e. The number of non-ortho nitro benzene ring substituents is 1. The third-order valence-corrected chi connectivity index (χ3v) is 5.32. The van der Waals surface area contributed by atoms with E-state index in [4.69, 9.17) is 9.15 Å². The molecule has 1 atom stereocenters. The van der Waals surface area contributed by atoms with Gasteiger partial charge in [0.15, 0.2) is 0 Å². The van der Waals surface area contributed by atoms with Crippen molar-refractivity contribution in [2.24, 2.45) is 0 Å². The summed E-state index contributed by atoms with van der Waals surface area (Å²) in [6.45, 7) is 4.37. The summed E-state index contributed by atoms with van der Waals surface area (Å²) < 4.78 is 10.9. The second-order valence-corrected chi connectivity index (χ2v) is 7.19. The second kappa shape index (κ2) is 7.63. The van der Waals surface area contributed by atoms with Crippen molar-refractivity contribution in [1.82, 2.24) is 4.90 Å². The number of hydrogen-bond acceptors (Lipinski definition) is 6. The Labute approximate surface area is 162 Å². The summed E-state index contributed by atoms with van der Waals surface area (Å²) in [4.78, 5) is 28.3. The van der Waals surface area contributed by atoms with Crippen molar-refractivity contribution < 1.29 is 18.9 Å². The van der Waals surface area contributed by atoms with Gasteiger partial charge in [-0.1, -0.05) is 0 Å². The number of morpholine rings is 1. The van der Waals surface area contributed by atoms with Gasteiger partial charge < -0.3 is 19.0 Å². The molecule has 1 aromatic carbocycles. The molecular weight excluding hydrogens is 362 g/mol. The van der Waals surface area contributed by atoms with E-state index in [9.17, 15) is 14.9 Å². The number of carbonyl (C=O) groups is 1. The quantitative estimate of drug-likeness (QED) is 0.559. The highest BCUT2D eigenvalue weighted by Gasteiger charge is 2.39. The van der Waals surface area contributed by atoms with Crippen LogP contribution in [0.5, 0.6) is 0 Å². The van der Waals surface area contributed by atoms with E-state index >= 15 is 0 Å². The topological polar surface area (TPSA) is 89.1 Å². The van der Waals surface area contributed by atoms with E-state index in [2.05, 4.69) is 4.90 Å². The normalized spacial score (nSPS) is 18.0. The van der Waals surface area contributed by atoms with Crippen molar-refractivity contribution in [3.63, 3.8) is 0 Å². The maximum atomic E-state index is 13.6. The monoisotopic (exact) mass is 385 g/mol. The molecule has 0 N–H and O–H groups in total. The summed E-state index contributed by atoms with van der Waals surface area (Å²) in [5, 5.41) is 11.3. The number of amides is 1. The third kappa shape index (κ3) is 3.60. The fourth-order valence-corrected chi connectivity index (χ4v) is 3.70. The Morgan fingerprint density at radius 2 is 2.04 bits per heavy atom. The summed E-state index contributed by atoms with van der Waals surface area (Å²) in [5.74, 6) is 0.509. The first kappa shape index (κ1) is 18.5. The molecule has 0 bridgehead atoms. The van der Waals surface area contributed by atoms with Gasteiger partial charge in [-0.3, -0.25) is 14.9 Å². The predicted octanol–water partition coefficient (Wildman–Crippen LogP) is 3.39. The largest absolute Gasteiger partial charge is 0.467 e. The minimum absolute atomic E-state index is 0.0817. The molecule has 2 aliphatic rings. The summed E-state index contributed by atoms with van der Waals surface area (Å²) in [6, 6.07) is 8.07. The van der Waals surface area contributed by atoms with Crippen LogP contribution in [0.1, 0.15) is 41.9 Å². The van der Waals surface area contributed by atoms with Crippen LogP contribution in [0, 0.1) is 10.1 Å². The molecule has 1 aromatic heterocycles. The van der Waals surface area contributed by atoms with Crippen LogP contribution >= 0.6 is 0 Å². The number of nitro benzene ring substituents is 1. The average Bonchev–Trinajstić information content (AvgIpc) is 3.39. The first-order chi connectivity index (χ1) is 13.6. The zero-order chi connectivity index (χ0) is 19.7. The maximum Gasteiger partial charge on any atom is 0.270 e. The molecule has 4 rings (SSSR count).